The van der Waals surface area contributed by atoms with Crippen molar-refractivity contribution in [2.75, 3.05) is 6.61 Å². The zero-order chi connectivity index (χ0) is 11.3. The van der Waals surface area contributed by atoms with E-state index in [1.165, 1.54) is 12.1 Å². The lowest BCUT2D eigenvalue weighted by atomic mass is 10.1. The highest BCUT2D eigenvalue weighted by atomic mass is 19.1. The van der Waals surface area contributed by atoms with Crippen molar-refractivity contribution in [3.63, 3.8) is 0 Å². The lowest BCUT2D eigenvalue weighted by Crippen LogP contribution is -1.98. The first kappa shape index (κ1) is 11.1. The molecule has 0 aromatic heterocycles. The van der Waals surface area contributed by atoms with E-state index in [2.05, 4.69) is 11.8 Å². The number of nitrogens with zero attached hydrogens (tertiary/aromatic N) is 1. The monoisotopic (exact) mass is 203 g/mol. The van der Waals surface area contributed by atoms with Crippen LogP contribution in [0, 0.1) is 35.9 Å². The lowest BCUT2D eigenvalue weighted by Gasteiger charge is -2.06. The number of hydrogen-bond acceptors (Lipinski definition) is 2. The Kier molecular flexibility index (Phi) is 3.71. The van der Waals surface area contributed by atoms with E-state index >= 15 is 0 Å². The number of nitriles is 1. The van der Waals surface area contributed by atoms with Crippen molar-refractivity contribution in [2.45, 2.75) is 13.8 Å². The van der Waals surface area contributed by atoms with E-state index in [-0.39, 0.29) is 12.2 Å². The summed E-state index contributed by atoms with van der Waals surface area (Å²) in [6.07, 6.45) is 0. The Hall–Kier alpha value is -2.00. The molecule has 0 saturated heterocycles. The molecule has 0 bridgehead atoms. The van der Waals surface area contributed by atoms with Gasteiger partial charge in [-0.15, -0.1) is 5.92 Å². The van der Waals surface area contributed by atoms with Crippen LogP contribution in [0.2, 0.25) is 0 Å². The van der Waals surface area contributed by atoms with Gasteiger partial charge in [-0.3, -0.25) is 0 Å². The van der Waals surface area contributed by atoms with E-state index in [9.17, 15) is 4.39 Å². The first-order valence-electron chi connectivity index (χ1n) is 4.41. The van der Waals surface area contributed by atoms with Gasteiger partial charge in [0.2, 0.25) is 0 Å². The van der Waals surface area contributed by atoms with Crippen molar-refractivity contribution in [3.8, 4) is 23.7 Å². The van der Waals surface area contributed by atoms with Gasteiger partial charge >= 0.3 is 0 Å². The molecule has 15 heavy (non-hydrogen) atoms. The standard InChI is InChI=1S/C12H10FNO/c1-3-4-5-15-12-6-9(2)11(13)7-10(12)8-14/h6-7H,5H2,1-2H3. The molecule has 0 radical (unpaired) electrons. The van der Waals surface area contributed by atoms with Crippen LogP contribution in [-0.4, -0.2) is 6.61 Å². The SMILES string of the molecule is CC#CCOc1cc(C)c(F)cc1C#N. The van der Waals surface area contributed by atoms with E-state index in [1.807, 2.05) is 6.07 Å². The number of benzene rings is 1. The van der Waals surface area contributed by atoms with E-state index in [0.29, 0.717) is 11.3 Å². The predicted molar refractivity (Wildman–Crippen MR) is 54.8 cm³/mol. The Morgan fingerprint density at radius 1 is 1.47 bits per heavy atom. The minimum atomic E-state index is -0.402. The molecule has 0 spiro atoms. The Bertz CT molecular complexity index is 463. The Morgan fingerprint density at radius 2 is 2.20 bits per heavy atom. The molecule has 0 aliphatic heterocycles. The Labute approximate surface area is 88.3 Å². The zero-order valence-electron chi connectivity index (χ0n) is 8.60. The fraction of sp³-hybridized carbons (Fsp3) is 0.250. The van der Waals surface area contributed by atoms with E-state index in [0.717, 1.165) is 0 Å². The summed E-state index contributed by atoms with van der Waals surface area (Å²) in [5, 5.41) is 8.76. The van der Waals surface area contributed by atoms with Crippen LogP contribution in [0.1, 0.15) is 18.1 Å². The summed E-state index contributed by atoms with van der Waals surface area (Å²) in [7, 11) is 0. The van der Waals surface area contributed by atoms with Crippen LogP contribution in [0.25, 0.3) is 0 Å². The molecule has 0 unspecified atom stereocenters. The number of rotatable bonds is 2. The quantitative estimate of drug-likeness (QED) is 0.691. The van der Waals surface area contributed by atoms with Crippen LogP contribution in [0.3, 0.4) is 0 Å². The molecule has 0 aliphatic carbocycles. The van der Waals surface area contributed by atoms with Crippen molar-refractivity contribution >= 4 is 0 Å². The summed E-state index contributed by atoms with van der Waals surface area (Å²) in [6, 6.07) is 4.55. The van der Waals surface area contributed by atoms with Crippen molar-refractivity contribution in [1.82, 2.24) is 0 Å². The first-order chi connectivity index (χ1) is 7.19. The summed E-state index contributed by atoms with van der Waals surface area (Å²) in [6.45, 7) is 3.52. The molecule has 1 aromatic carbocycles. The summed E-state index contributed by atoms with van der Waals surface area (Å²) in [5.41, 5.74) is 0.643. The summed E-state index contributed by atoms with van der Waals surface area (Å²) < 4.78 is 18.3. The fourth-order valence-corrected chi connectivity index (χ4v) is 1.05. The second kappa shape index (κ2) is 5.02. The molecule has 0 fully saturated rings. The third kappa shape index (κ3) is 2.72. The summed E-state index contributed by atoms with van der Waals surface area (Å²) in [4.78, 5) is 0. The molecule has 1 rings (SSSR count). The van der Waals surface area contributed by atoms with Gasteiger partial charge in [-0.05, 0) is 31.5 Å². The zero-order valence-corrected chi connectivity index (χ0v) is 8.60. The van der Waals surface area contributed by atoms with Crippen molar-refractivity contribution in [1.29, 1.82) is 5.26 Å². The normalized spacial score (nSPS) is 8.67. The molecule has 0 aliphatic rings. The van der Waals surface area contributed by atoms with Gasteiger partial charge in [-0.25, -0.2) is 4.39 Å². The number of aryl methyl sites for hydroxylation is 1. The smallest absolute Gasteiger partial charge is 0.149 e. The van der Waals surface area contributed by atoms with E-state index in [1.54, 1.807) is 13.8 Å². The minimum absolute atomic E-state index is 0.191. The largest absolute Gasteiger partial charge is 0.480 e. The highest BCUT2D eigenvalue weighted by Gasteiger charge is 2.07. The second-order valence-corrected chi connectivity index (χ2v) is 2.92. The topological polar surface area (TPSA) is 33.0 Å². The number of ether oxygens (including phenoxy) is 1. The van der Waals surface area contributed by atoms with Crippen LogP contribution >= 0.6 is 0 Å². The Balaban J connectivity index is 2.99. The molecule has 0 saturated carbocycles. The third-order valence-corrected chi connectivity index (χ3v) is 1.86. The average molecular weight is 203 g/mol. The second-order valence-electron chi connectivity index (χ2n) is 2.92. The average Bonchev–Trinajstić information content (AvgIpc) is 2.23. The molecule has 2 nitrogen and oxygen atoms in total. The highest BCUT2D eigenvalue weighted by molar-refractivity contribution is 5.45. The highest BCUT2D eigenvalue weighted by Crippen LogP contribution is 2.21. The van der Waals surface area contributed by atoms with Gasteiger partial charge in [0.25, 0.3) is 0 Å². The third-order valence-electron chi connectivity index (χ3n) is 1.86. The molecule has 76 valence electrons. The maximum Gasteiger partial charge on any atom is 0.149 e. The van der Waals surface area contributed by atoms with Gasteiger partial charge in [-0.2, -0.15) is 5.26 Å². The van der Waals surface area contributed by atoms with Gasteiger partial charge < -0.3 is 4.74 Å². The molecule has 3 heteroatoms. The van der Waals surface area contributed by atoms with Crippen molar-refractivity contribution in [3.05, 3.63) is 29.1 Å². The molecule has 0 atom stereocenters. The van der Waals surface area contributed by atoms with Crippen LogP contribution in [0.4, 0.5) is 4.39 Å². The summed E-state index contributed by atoms with van der Waals surface area (Å²) in [5.74, 6) is 5.35. The van der Waals surface area contributed by atoms with Crippen molar-refractivity contribution < 1.29 is 9.13 Å². The van der Waals surface area contributed by atoms with Gasteiger partial charge in [0.15, 0.2) is 0 Å². The fourth-order valence-electron chi connectivity index (χ4n) is 1.05. The van der Waals surface area contributed by atoms with Crippen LogP contribution in [-0.2, 0) is 0 Å². The van der Waals surface area contributed by atoms with E-state index < -0.39 is 5.82 Å². The molecule has 0 amide bonds. The molecular formula is C12H10FNO. The first-order valence-corrected chi connectivity index (χ1v) is 4.41. The Morgan fingerprint density at radius 3 is 2.80 bits per heavy atom. The van der Waals surface area contributed by atoms with E-state index in [4.69, 9.17) is 10.00 Å². The minimum Gasteiger partial charge on any atom is -0.480 e. The number of halogens is 1. The number of hydrogen-bond donors (Lipinski definition) is 0. The van der Waals surface area contributed by atoms with Crippen LogP contribution in [0.5, 0.6) is 5.75 Å². The van der Waals surface area contributed by atoms with Gasteiger partial charge in [0.1, 0.15) is 24.2 Å². The van der Waals surface area contributed by atoms with Gasteiger partial charge in [-0.1, -0.05) is 5.92 Å². The maximum atomic E-state index is 13.1. The summed E-state index contributed by atoms with van der Waals surface area (Å²) >= 11 is 0. The lowest BCUT2D eigenvalue weighted by molar-refractivity contribution is 0.368. The maximum absolute atomic E-state index is 13.1. The predicted octanol–water partition coefficient (Wildman–Crippen LogP) is 2.41. The van der Waals surface area contributed by atoms with Gasteiger partial charge in [0, 0.05) is 0 Å². The molecule has 0 N–H and O–H groups in total. The molecular weight excluding hydrogens is 193 g/mol. The molecule has 0 heterocycles. The van der Waals surface area contributed by atoms with Crippen LogP contribution in [0.15, 0.2) is 12.1 Å². The van der Waals surface area contributed by atoms with Crippen LogP contribution < -0.4 is 4.74 Å². The molecule has 1 aromatic rings. The van der Waals surface area contributed by atoms with Crippen molar-refractivity contribution in [2.24, 2.45) is 0 Å². The van der Waals surface area contributed by atoms with Gasteiger partial charge in [0.05, 0.1) is 5.56 Å².